The number of anilines is 1. The summed E-state index contributed by atoms with van der Waals surface area (Å²) in [5.74, 6) is 1.39. The molecular formula is C25H21N5O2S. The number of nitrogens with zero attached hydrogens (tertiary/aromatic N) is 4. The Hall–Kier alpha value is -3.91. The van der Waals surface area contributed by atoms with E-state index in [9.17, 15) is 4.79 Å². The molecule has 0 aliphatic carbocycles. The molecule has 3 aromatic heterocycles. The van der Waals surface area contributed by atoms with Crippen LogP contribution in [0.1, 0.15) is 12.7 Å². The topological polar surface area (TPSA) is 85.8 Å². The number of furan rings is 1. The van der Waals surface area contributed by atoms with Gasteiger partial charge in [0, 0.05) is 17.1 Å². The summed E-state index contributed by atoms with van der Waals surface area (Å²) in [6, 6.07) is 23.1. The second-order valence-corrected chi connectivity index (χ2v) is 8.77. The monoisotopic (exact) mass is 455 g/mol. The Kier molecular flexibility index (Phi) is 5.91. The zero-order valence-electron chi connectivity index (χ0n) is 17.9. The van der Waals surface area contributed by atoms with Gasteiger partial charge < -0.3 is 9.73 Å². The maximum Gasteiger partial charge on any atom is 0.237 e. The van der Waals surface area contributed by atoms with Gasteiger partial charge in [0.2, 0.25) is 5.91 Å². The van der Waals surface area contributed by atoms with Crippen molar-refractivity contribution in [1.82, 2.24) is 19.7 Å². The molecule has 5 rings (SSSR count). The molecular weight excluding hydrogens is 434 g/mol. The lowest BCUT2D eigenvalue weighted by Crippen LogP contribution is -2.23. The normalized spacial score (nSPS) is 12.0. The fourth-order valence-electron chi connectivity index (χ4n) is 3.54. The van der Waals surface area contributed by atoms with Crippen molar-refractivity contribution in [3.63, 3.8) is 0 Å². The highest BCUT2D eigenvalue weighted by Crippen LogP contribution is 2.29. The highest BCUT2D eigenvalue weighted by atomic mass is 32.2. The molecule has 2 aromatic carbocycles. The van der Waals surface area contributed by atoms with Crippen molar-refractivity contribution in [1.29, 1.82) is 0 Å². The van der Waals surface area contributed by atoms with E-state index in [0.717, 1.165) is 33.7 Å². The first kappa shape index (κ1) is 21.0. The second-order valence-electron chi connectivity index (χ2n) is 7.46. The van der Waals surface area contributed by atoms with Crippen LogP contribution in [0.5, 0.6) is 0 Å². The number of nitrogens with one attached hydrogen (secondary N) is 1. The predicted octanol–water partition coefficient (Wildman–Crippen LogP) is 5.25. The molecule has 1 N–H and O–H groups in total. The fraction of sp³-hybridized carbons (Fsp3) is 0.120. The van der Waals surface area contributed by atoms with Crippen molar-refractivity contribution in [3.05, 3.63) is 91.0 Å². The van der Waals surface area contributed by atoms with Crippen LogP contribution < -0.4 is 5.32 Å². The smallest absolute Gasteiger partial charge is 0.237 e. The number of hydrogen-bond donors (Lipinski definition) is 1. The van der Waals surface area contributed by atoms with Gasteiger partial charge in [-0.25, -0.2) is 0 Å². The number of carbonyl (C=O) groups is 1. The number of benzene rings is 2. The van der Waals surface area contributed by atoms with Crippen LogP contribution in [0, 0.1) is 0 Å². The molecule has 1 unspecified atom stereocenters. The highest BCUT2D eigenvalue weighted by Gasteiger charge is 2.22. The minimum Gasteiger partial charge on any atom is -0.467 e. The number of carbonyl (C=O) groups excluding carboxylic acids is 1. The molecule has 8 heteroatoms. The van der Waals surface area contributed by atoms with Crippen LogP contribution in [0.25, 0.3) is 22.3 Å². The van der Waals surface area contributed by atoms with Crippen molar-refractivity contribution < 1.29 is 9.21 Å². The average Bonchev–Trinajstić information content (AvgIpc) is 3.50. The molecule has 164 valence electrons. The highest BCUT2D eigenvalue weighted by molar-refractivity contribution is 8.00. The van der Waals surface area contributed by atoms with Gasteiger partial charge in [0.1, 0.15) is 5.76 Å². The van der Waals surface area contributed by atoms with E-state index in [-0.39, 0.29) is 5.91 Å². The third kappa shape index (κ3) is 4.51. The molecule has 0 fully saturated rings. The minimum atomic E-state index is -0.403. The van der Waals surface area contributed by atoms with E-state index in [1.54, 1.807) is 12.5 Å². The van der Waals surface area contributed by atoms with E-state index in [1.807, 2.05) is 84.3 Å². The van der Waals surface area contributed by atoms with Gasteiger partial charge in [-0.05, 0) is 43.3 Å². The van der Waals surface area contributed by atoms with Crippen molar-refractivity contribution in [3.8, 4) is 11.4 Å². The Morgan fingerprint density at radius 1 is 1.03 bits per heavy atom. The number of amides is 1. The summed E-state index contributed by atoms with van der Waals surface area (Å²) in [6.07, 6.45) is 3.38. The van der Waals surface area contributed by atoms with Crippen LogP contribution in [-0.2, 0) is 11.3 Å². The lowest BCUT2D eigenvalue weighted by atomic mass is 10.2. The molecule has 1 atom stereocenters. The van der Waals surface area contributed by atoms with Crippen molar-refractivity contribution in [2.75, 3.05) is 5.32 Å². The molecule has 7 nitrogen and oxygen atoms in total. The van der Waals surface area contributed by atoms with E-state index >= 15 is 0 Å². The van der Waals surface area contributed by atoms with E-state index in [1.165, 1.54) is 11.8 Å². The maximum atomic E-state index is 13.0. The third-order valence-electron chi connectivity index (χ3n) is 5.20. The van der Waals surface area contributed by atoms with Gasteiger partial charge in [-0.3, -0.25) is 14.3 Å². The molecule has 1 amide bonds. The fourth-order valence-corrected chi connectivity index (χ4v) is 4.38. The van der Waals surface area contributed by atoms with Gasteiger partial charge in [-0.2, -0.15) is 0 Å². The Labute approximate surface area is 194 Å². The molecule has 3 heterocycles. The summed E-state index contributed by atoms with van der Waals surface area (Å²) >= 11 is 1.36. The number of thioether (sulfide) groups is 1. The summed E-state index contributed by atoms with van der Waals surface area (Å²) < 4.78 is 7.53. The summed E-state index contributed by atoms with van der Waals surface area (Å²) in [5, 5.41) is 13.0. The van der Waals surface area contributed by atoms with Gasteiger partial charge in [0.15, 0.2) is 11.0 Å². The lowest BCUT2D eigenvalue weighted by molar-refractivity contribution is -0.115. The average molecular weight is 456 g/mol. The number of fused-ring (bicyclic) bond motifs is 1. The zero-order valence-corrected chi connectivity index (χ0v) is 18.7. The Bertz CT molecular complexity index is 1380. The Balaban J connectivity index is 1.40. The Morgan fingerprint density at radius 3 is 2.73 bits per heavy atom. The van der Waals surface area contributed by atoms with Gasteiger partial charge >= 0.3 is 0 Å². The second kappa shape index (κ2) is 9.30. The van der Waals surface area contributed by atoms with Crippen LogP contribution in [0.4, 0.5) is 5.69 Å². The van der Waals surface area contributed by atoms with Crippen molar-refractivity contribution in [2.45, 2.75) is 23.9 Å². The summed E-state index contributed by atoms with van der Waals surface area (Å²) in [7, 11) is 0. The van der Waals surface area contributed by atoms with Gasteiger partial charge in [-0.15, -0.1) is 10.2 Å². The molecule has 5 aromatic rings. The largest absolute Gasteiger partial charge is 0.467 e. The van der Waals surface area contributed by atoms with Gasteiger partial charge in [0.05, 0.1) is 29.3 Å². The molecule has 0 aliphatic heterocycles. The van der Waals surface area contributed by atoms with E-state index in [4.69, 9.17) is 4.42 Å². The zero-order chi connectivity index (χ0) is 22.6. The minimum absolute atomic E-state index is 0.120. The SMILES string of the molecule is CC(Sc1nnc(-c2ccccc2)n1Cc1ccco1)C(=O)Nc1cccc2ncccc12. The third-order valence-corrected chi connectivity index (χ3v) is 6.28. The van der Waals surface area contributed by atoms with Gasteiger partial charge in [-0.1, -0.05) is 48.2 Å². The summed E-state index contributed by atoms with van der Waals surface area (Å²) in [4.78, 5) is 17.4. The number of aromatic nitrogens is 4. The van der Waals surface area contributed by atoms with Gasteiger partial charge in [0.25, 0.3) is 0 Å². The van der Waals surface area contributed by atoms with E-state index in [2.05, 4.69) is 20.5 Å². The number of pyridine rings is 1. The molecule has 33 heavy (non-hydrogen) atoms. The van der Waals surface area contributed by atoms with Crippen LogP contribution in [0.3, 0.4) is 0 Å². The summed E-state index contributed by atoms with van der Waals surface area (Å²) in [6.45, 7) is 2.33. The first-order valence-electron chi connectivity index (χ1n) is 10.5. The van der Waals surface area contributed by atoms with Crippen LogP contribution in [0.15, 0.2) is 94.8 Å². The number of hydrogen-bond acceptors (Lipinski definition) is 6. The quantitative estimate of drug-likeness (QED) is 0.337. The molecule has 0 saturated heterocycles. The van der Waals surface area contributed by atoms with Crippen LogP contribution in [0.2, 0.25) is 0 Å². The van der Waals surface area contributed by atoms with E-state index < -0.39 is 5.25 Å². The first-order chi connectivity index (χ1) is 16.2. The molecule has 0 spiro atoms. The predicted molar refractivity (Wildman–Crippen MR) is 129 cm³/mol. The lowest BCUT2D eigenvalue weighted by Gasteiger charge is -2.14. The Morgan fingerprint density at radius 2 is 1.91 bits per heavy atom. The van der Waals surface area contributed by atoms with Crippen molar-refractivity contribution in [2.24, 2.45) is 0 Å². The molecule has 0 saturated carbocycles. The first-order valence-corrected chi connectivity index (χ1v) is 11.4. The van der Waals surface area contributed by atoms with Crippen LogP contribution >= 0.6 is 11.8 Å². The van der Waals surface area contributed by atoms with E-state index in [0.29, 0.717) is 11.7 Å². The molecule has 0 aliphatic rings. The standard InChI is InChI=1S/C25H21N5O2S/c1-17(24(31)27-22-13-5-12-21-20(22)11-6-14-26-21)33-25-29-28-23(18-8-3-2-4-9-18)30(25)16-19-10-7-15-32-19/h2-15,17H,16H2,1H3,(H,27,31). The molecule has 0 radical (unpaired) electrons. The van der Waals surface area contributed by atoms with Crippen LogP contribution in [-0.4, -0.2) is 30.9 Å². The number of rotatable bonds is 7. The van der Waals surface area contributed by atoms with Crippen molar-refractivity contribution >= 4 is 34.3 Å². The maximum absolute atomic E-state index is 13.0. The summed E-state index contributed by atoms with van der Waals surface area (Å²) in [5.41, 5.74) is 2.52. The molecule has 0 bridgehead atoms.